The van der Waals surface area contributed by atoms with Gasteiger partial charge in [-0.15, -0.1) is 0 Å². The summed E-state index contributed by atoms with van der Waals surface area (Å²) in [6, 6.07) is 11.9. The molecule has 1 aromatic heterocycles. The third kappa shape index (κ3) is 5.03. The number of fused-ring (bicyclic) bond motifs is 1. The number of rotatable bonds is 7. The van der Waals surface area contributed by atoms with Crippen molar-refractivity contribution in [2.24, 2.45) is 0 Å². The molecule has 0 aliphatic heterocycles. The summed E-state index contributed by atoms with van der Waals surface area (Å²) in [6.07, 6.45) is 7.97. The lowest BCUT2D eigenvalue weighted by atomic mass is 10.2. The molecule has 0 saturated heterocycles. The second-order valence-corrected chi connectivity index (χ2v) is 5.11. The number of amides is 1. The van der Waals surface area contributed by atoms with E-state index in [1.165, 1.54) is 19.3 Å². The van der Waals surface area contributed by atoms with Gasteiger partial charge >= 0.3 is 0 Å². The van der Waals surface area contributed by atoms with Gasteiger partial charge in [-0.25, -0.2) is 4.98 Å². The van der Waals surface area contributed by atoms with Crippen LogP contribution in [0.25, 0.3) is 17.0 Å². The fourth-order valence-electron chi connectivity index (χ4n) is 2.16. The molecule has 0 atom stereocenters. The Balaban J connectivity index is 1.85. The van der Waals surface area contributed by atoms with Crippen LogP contribution in [0, 0.1) is 0 Å². The van der Waals surface area contributed by atoms with Crippen LogP contribution in [0.3, 0.4) is 0 Å². The summed E-state index contributed by atoms with van der Waals surface area (Å²) in [5.74, 6) is -0.0542. The van der Waals surface area contributed by atoms with Crippen molar-refractivity contribution in [3.8, 4) is 0 Å². The van der Waals surface area contributed by atoms with E-state index in [1.807, 2.05) is 36.4 Å². The molecule has 0 saturated carbocycles. The molecule has 0 aliphatic rings. The molecule has 1 aromatic carbocycles. The molecule has 1 amide bonds. The SMILES string of the molecule is CCCCCCNC(=O)/C=C/c1ccc2ccccc2n1. The predicted octanol–water partition coefficient (Wildman–Crippen LogP) is 3.94. The Morgan fingerprint density at radius 1 is 1.14 bits per heavy atom. The zero-order valence-corrected chi connectivity index (χ0v) is 12.5. The number of para-hydroxylation sites is 1. The van der Waals surface area contributed by atoms with Crippen LogP contribution in [0.1, 0.15) is 38.3 Å². The van der Waals surface area contributed by atoms with Crippen molar-refractivity contribution in [1.29, 1.82) is 0 Å². The Hall–Kier alpha value is -2.16. The lowest BCUT2D eigenvalue weighted by molar-refractivity contribution is -0.116. The van der Waals surface area contributed by atoms with Crippen LogP contribution in [0.4, 0.5) is 0 Å². The lowest BCUT2D eigenvalue weighted by Gasteiger charge is -2.01. The largest absolute Gasteiger partial charge is 0.353 e. The number of nitrogens with zero attached hydrogens (tertiary/aromatic N) is 1. The highest BCUT2D eigenvalue weighted by Gasteiger charge is 1.97. The first-order chi connectivity index (χ1) is 10.3. The van der Waals surface area contributed by atoms with E-state index in [-0.39, 0.29) is 5.91 Å². The first kappa shape index (κ1) is 15.2. The molecule has 1 heterocycles. The average molecular weight is 282 g/mol. The molecular weight excluding hydrogens is 260 g/mol. The van der Waals surface area contributed by atoms with Crippen molar-refractivity contribution in [2.75, 3.05) is 6.54 Å². The number of carbonyl (C=O) groups excluding carboxylic acids is 1. The summed E-state index contributed by atoms with van der Waals surface area (Å²) in [5, 5.41) is 4.00. The van der Waals surface area contributed by atoms with E-state index in [0.29, 0.717) is 0 Å². The van der Waals surface area contributed by atoms with Crippen molar-refractivity contribution in [3.63, 3.8) is 0 Å². The first-order valence-electron chi connectivity index (χ1n) is 7.61. The van der Waals surface area contributed by atoms with Crippen LogP contribution < -0.4 is 5.32 Å². The van der Waals surface area contributed by atoms with Gasteiger partial charge in [0.1, 0.15) is 0 Å². The van der Waals surface area contributed by atoms with Crippen molar-refractivity contribution in [3.05, 3.63) is 48.2 Å². The fourth-order valence-corrected chi connectivity index (χ4v) is 2.16. The zero-order valence-electron chi connectivity index (χ0n) is 12.5. The maximum absolute atomic E-state index is 11.7. The van der Waals surface area contributed by atoms with E-state index in [9.17, 15) is 4.79 Å². The van der Waals surface area contributed by atoms with Crippen LogP contribution in [0.15, 0.2) is 42.5 Å². The molecule has 0 unspecified atom stereocenters. The lowest BCUT2D eigenvalue weighted by Crippen LogP contribution is -2.21. The summed E-state index contributed by atoms with van der Waals surface area (Å²) in [6.45, 7) is 2.92. The fraction of sp³-hybridized carbons (Fsp3) is 0.333. The monoisotopic (exact) mass is 282 g/mol. The summed E-state index contributed by atoms with van der Waals surface area (Å²) >= 11 is 0. The highest BCUT2D eigenvalue weighted by molar-refractivity contribution is 5.91. The quantitative estimate of drug-likeness (QED) is 0.617. The molecule has 0 aliphatic carbocycles. The highest BCUT2D eigenvalue weighted by atomic mass is 16.1. The van der Waals surface area contributed by atoms with Gasteiger partial charge < -0.3 is 5.32 Å². The topological polar surface area (TPSA) is 42.0 Å². The Morgan fingerprint density at radius 2 is 2.00 bits per heavy atom. The van der Waals surface area contributed by atoms with Gasteiger partial charge in [0.25, 0.3) is 0 Å². The average Bonchev–Trinajstić information content (AvgIpc) is 2.52. The van der Waals surface area contributed by atoms with Crippen LogP contribution >= 0.6 is 0 Å². The van der Waals surface area contributed by atoms with Crippen molar-refractivity contribution < 1.29 is 4.79 Å². The van der Waals surface area contributed by atoms with E-state index in [1.54, 1.807) is 12.2 Å². The van der Waals surface area contributed by atoms with E-state index >= 15 is 0 Å². The number of hydrogen-bond acceptors (Lipinski definition) is 2. The second kappa shape index (κ2) is 8.20. The molecule has 0 fully saturated rings. The number of aromatic nitrogens is 1. The van der Waals surface area contributed by atoms with Gasteiger partial charge in [-0.05, 0) is 24.6 Å². The molecule has 2 rings (SSSR count). The maximum Gasteiger partial charge on any atom is 0.244 e. The molecule has 3 nitrogen and oxygen atoms in total. The molecule has 1 N–H and O–H groups in total. The van der Waals surface area contributed by atoms with Crippen LogP contribution in [0.2, 0.25) is 0 Å². The normalized spacial score (nSPS) is 11.1. The maximum atomic E-state index is 11.7. The standard InChI is InChI=1S/C18H22N2O/c1-2-3-4-7-14-19-18(21)13-12-16-11-10-15-8-5-6-9-17(15)20-16/h5-6,8-13H,2-4,7,14H2,1H3,(H,19,21)/b13-12+. The smallest absolute Gasteiger partial charge is 0.244 e. The van der Waals surface area contributed by atoms with Gasteiger partial charge in [-0.2, -0.15) is 0 Å². The number of carbonyl (C=O) groups is 1. The third-order valence-electron chi connectivity index (χ3n) is 3.35. The molecule has 0 bridgehead atoms. The van der Waals surface area contributed by atoms with Gasteiger partial charge in [0, 0.05) is 18.0 Å². The van der Waals surface area contributed by atoms with Crippen molar-refractivity contribution in [1.82, 2.24) is 10.3 Å². The number of nitrogens with one attached hydrogen (secondary N) is 1. The molecule has 2 aromatic rings. The summed E-state index contributed by atoms with van der Waals surface area (Å²) in [7, 11) is 0. The van der Waals surface area contributed by atoms with E-state index < -0.39 is 0 Å². The van der Waals surface area contributed by atoms with E-state index in [2.05, 4.69) is 17.2 Å². The van der Waals surface area contributed by atoms with Crippen LogP contribution in [0.5, 0.6) is 0 Å². The van der Waals surface area contributed by atoms with Gasteiger partial charge in [-0.1, -0.05) is 50.5 Å². The minimum atomic E-state index is -0.0542. The minimum Gasteiger partial charge on any atom is -0.353 e. The van der Waals surface area contributed by atoms with Gasteiger partial charge in [0.15, 0.2) is 0 Å². The summed E-state index contributed by atoms with van der Waals surface area (Å²) < 4.78 is 0. The van der Waals surface area contributed by atoms with Crippen LogP contribution in [-0.4, -0.2) is 17.4 Å². The highest BCUT2D eigenvalue weighted by Crippen LogP contribution is 2.12. The van der Waals surface area contributed by atoms with Gasteiger partial charge in [0.2, 0.25) is 5.91 Å². The minimum absolute atomic E-state index is 0.0542. The Bertz CT molecular complexity index is 619. The second-order valence-electron chi connectivity index (χ2n) is 5.11. The van der Waals surface area contributed by atoms with Gasteiger partial charge in [0.05, 0.1) is 11.2 Å². The number of hydrogen-bond donors (Lipinski definition) is 1. The van der Waals surface area contributed by atoms with E-state index in [4.69, 9.17) is 0 Å². The van der Waals surface area contributed by atoms with Crippen LogP contribution in [-0.2, 0) is 4.79 Å². The number of unbranched alkanes of at least 4 members (excludes halogenated alkanes) is 3. The Kier molecular flexibility index (Phi) is 5.95. The zero-order chi connectivity index (χ0) is 14.9. The third-order valence-corrected chi connectivity index (χ3v) is 3.35. The summed E-state index contributed by atoms with van der Waals surface area (Å²) in [4.78, 5) is 16.2. The predicted molar refractivity (Wildman–Crippen MR) is 87.9 cm³/mol. The molecule has 21 heavy (non-hydrogen) atoms. The molecular formula is C18H22N2O. The van der Waals surface area contributed by atoms with Gasteiger partial charge in [-0.3, -0.25) is 4.79 Å². The number of pyridine rings is 1. The van der Waals surface area contributed by atoms with Crippen molar-refractivity contribution >= 4 is 22.9 Å². The Labute approximate surface area is 126 Å². The Morgan fingerprint density at radius 3 is 2.86 bits per heavy atom. The first-order valence-corrected chi connectivity index (χ1v) is 7.61. The molecule has 3 heteroatoms. The molecule has 0 radical (unpaired) electrons. The molecule has 110 valence electrons. The molecule has 0 spiro atoms. The van der Waals surface area contributed by atoms with E-state index in [0.717, 1.165) is 29.6 Å². The van der Waals surface area contributed by atoms with Crippen molar-refractivity contribution in [2.45, 2.75) is 32.6 Å². The summed E-state index contributed by atoms with van der Waals surface area (Å²) in [5.41, 5.74) is 1.74. The number of benzene rings is 1.